The zero-order chi connectivity index (χ0) is 34.0. The molecule has 0 rings (SSSR count). The lowest BCUT2D eigenvalue weighted by molar-refractivity contribution is -0.114. The Labute approximate surface area is 292 Å². The second-order valence-corrected chi connectivity index (χ2v) is 12.7. The summed E-state index contributed by atoms with van der Waals surface area (Å²) < 4.78 is 33.8. The molecule has 0 fully saturated rings. The first-order valence-corrected chi connectivity index (χ1v) is 17.3. The average Bonchev–Trinajstić information content (AvgIpc) is 3.02. The van der Waals surface area contributed by atoms with Crippen molar-refractivity contribution in [2.75, 3.05) is 94.7 Å². The largest absolute Gasteiger partial charge is 0.394 e. The number of aliphatic hydroxyl groups is 5. The molecule has 0 radical (unpaired) electrons. The van der Waals surface area contributed by atoms with E-state index in [2.05, 4.69) is 0 Å². The molecule has 0 heterocycles. The molecule has 0 saturated heterocycles. The van der Waals surface area contributed by atoms with Gasteiger partial charge >= 0.3 is 0 Å². The predicted octanol–water partition coefficient (Wildman–Crippen LogP) is 2.46. The van der Waals surface area contributed by atoms with Crippen LogP contribution < -0.4 is 0 Å². The van der Waals surface area contributed by atoms with Crippen LogP contribution in [0.4, 0.5) is 0 Å². The van der Waals surface area contributed by atoms with Crippen molar-refractivity contribution >= 4 is 69.6 Å². The molecule has 0 bridgehead atoms. The summed E-state index contributed by atoms with van der Waals surface area (Å²) in [6.45, 7) is 6.27. The fourth-order valence-electron chi connectivity index (χ4n) is 2.61. The summed E-state index contributed by atoms with van der Waals surface area (Å²) in [4.78, 5) is 0. The van der Waals surface area contributed by atoms with E-state index in [-0.39, 0.29) is 100 Å². The van der Waals surface area contributed by atoms with Crippen LogP contribution in [0, 0.1) is 5.41 Å². The van der Waals surface area contributed by atoms with E-state index in [1.807, 2.05) is 20.8 Å². The zero-order valence-corrected chi connectivity index (χ0v) is 30.2. The van der Waals surface area contributed by atoms with Gasteiger partial charge in [-0.15, -0.1) is 69.6 Å². The van der Waals surface area contributed by atoms with Crippen molar-refractivity contribution < 1.29 is 54.0 Å². The van der Waals surface area contributed by atoms with E-state index in [0.717, 1.165) is 0 Å². The minimum atomic E-state index is -0.811. The van der Waals surface area contributed by atoms with Crippen molar-refractivity contribution in [3.63, 3.8) is 0 Å². The van der Waals surface area contributed by atoms with Crippen molar-refractivity contribution in [3.05, 3.63) is 0 Å². The lowest BCUT2D eigenvalue weighted by Gasteiger charge is -2.24. The molecule has 0 saturated carbocycles. The summed E-state index contributed by atoms with van der Waals surface area (Å²) in [6.07, 6.45) is -4.92. The Balaban J connectivity index is 0. The van der Waals surface area contributed by atoms with E-state index in [1.54, 1.807) is 0 Å². The number of alkyl halides is 6. The Bertz CT molecular complexity index is 599. The van der Waals surface area contributed by atoms with E-state index < -0.39 is 48.8 Å². The number of aliphatic hydroxyl groups excluding tert-OH is 5. The zero-order valence-electron chi connectivity index (χ0n) is 25.7. The molecule has 0 aliphatic rings. The second-order valence-electron chi connectivity index (χ2n) is 10.8. The van der Waals surface area contributed by atoms with Crippen LogP contribution in [0.15, 0.2) is 0 Å². The highest BCUT2D eigenvalue weighted by molar-refractivity contribution is 6.19. The summed E-state index contributed by atoms with van der Waals surface area (Å²) in [5.74, 6) is 0.590. The van der Waals surface area contributed by atoms with Gasteiger partial charge in [0.2, 0.25) is 0 Å². The molecule has 0 spiro atoms. The molecular formula is C27H52Cl6O11. The van der Waals surface area contributed by atoms with Crippen molar-refractivity contribution in [1.29, 1.82) is 0 Å². The maximum atomic E-state index is 9.58. The van der Waals surface area contributed by atoms with Gasteiger partial charge in [0.15, 0.2) is 0 Å². The maximum absolute atomic E-state index is 9.58. The van der Waals surface area contributed by atoms with Crippen molar-refractivity contribution in [1.82, 2.24) is 0 Å². The third-order valence-corrected chi connectivity index (χ3v) is 7.63. The SMILES string of the molecule is CC(C)(C)C(O)CO.OC(CCl)COC(CCl)COCC(COCC(CCl)OCC(O)CCl)OCC(CCl)OCC(O)CCl. The third-order valence-electron chi connectivity index (χ3n) is 5.53. The van der Waals surface area contributed by atoms with E-state index in [0.29, 0.717) is 0 Å². The fourth-order valence-corrected chi connectivity index (χ4v) is 3.41. The van der Waals surface area contributed by atoms with Crippen molar-refractivity contribution in [2.24, 2.45) is 5.41 Å². The number of ether oxygens (including phenoxy) is 6. The highest BCUT2D eigenvalue weighted by Gasteiger charge is 2.21. The minimum absolute atomic E-state index is 0.0215. The molecule has 0 aromatic heterocycles. The summed E-state index contributed by atoms with van der Waals surface area (Å²) in [7, 11) is 0. The first-order valence-electron chi connectivity index (χ1n) is 14.1. The van der Waals surface area contributed by atoms with Gasteiger partial charge in [-0.1, -0.05) is 20.8 Å². The normalized spacial score (nSPS) is 17.6. The van der Waals surface area contributed by atoms with Gasteiger partial charge in [-0.05, 0) is 5.41 Å². The third kappa shape index (κ3) is 27.3. The topological polar surface area (TPSA) is 157 Å². The molecule has 5 N–H and O–H groups in total. The molecule has 0 aliphatic heterocycles. The van der Waals surface area contributed by atoms with Crippen LogP contribution in [0.1, 0.15) is 20.8 Å². The standard InChI is InChI=1S/C21H38Cl6O9.C6H14O2/c22-1-15(28)7-33-18(4-25)10-31-12-21(36-14-20(6-27)35-9-17(30)3-24)13-32-11-19(5-26)34-8-16(29)2-23;1-6(2,3)5(8)4-7/h15-21,28-30H,1-14H2;5,7-8H,4H2,1-3H3. The highest BCUT2D eigenvalue weighted by atomic mass is 35.5. The molecule has 0 aromatic carbocycles. The van der Waals surface area contributed by atoms with Crippen molar-refractivity contribution in [2.45, 2.75) is 69.6 Å². The molecule has 0 amide bonds. The van der Waals surface area contributed by atoms with Gasteiger partial charge < -0.3 is 54.0 Å². The van der Waals surface area contributed by atoms with Gasteiger partial charge in [0, 0.05) is 0 Å². The Morgan fingerprint density at radius 1 is 0.455 bits per heavy atom. The lowest BCUT2D eigenvalue weighted by Crippen LogP contribution is -2.35. The Hall–Kier alpha value is 1.30. The second kappa shape index (κ2) is 30.4. The minimum Gasteiger partial charge on any atom is -0.394 e. The van der Waals surface area contributed by atoms with Crippen molar-refractivity contribution in [3.8, 4) is 0 Å². The van der Waals surface area contributed by atoms with E-state index >= 15 is 0 Å². The molecule has 11 nitrogen and oxygen atoms in total. The Kier molecular flexibility index (Phi) is 32.7. The van der Waals surface area contributed by atoms with Crippen LogP contribution in [-0.4, -0.2) is 169 Å². The van der Waals surface area contributed by atoms with Crippen LogP contribution in [0.3, 0.4) is 0 Å². The number of rotatable bonds is 27. The average molecular weight is 765 g/mol. The molecule has 44 heavy (non-hydrogen) atoms. The molecule has 0 aromatic rings. The molecule has 7 atom stereocenters. The molecule has 17 heteroatoms. The summed E-state index contributed by atoms with van der Waals surface area (Å²) in [6, 6.07) is 0. The molecular weight excluding hydrogens is 713 g/mol. The predicted molar refractivity (Wildman–Crippen MR) is 175 cm³/mol. The van der Waals surface area contributed by atoms with E-state index in [4.69, 9.17) is 108 Å². The highest BCUT2D eigenvalue weighted by Crippen LogP contribution is 2.17. The van der Waals surface area contributed by atoms with Gasteiger partial charge in [0.05, 0.1) is 137 Å². The van der Waals surface area contributed by atoms with Gasteiger partial charge in [-0.25, -0.2) is 0 Å². The smallest absolute Gasteiger partial charge is 0.104 e. The van der Waals surface area contributed by atoms with Gasteiger partial charge in [-0.3, -0.25) is 0 Å². The van der Waals surface area contributed by atoms with Crippen LogP contribution in [0.2, 0.25) is 0 Å². The summed E-state index contributed by atoms with van der Waals surface area (Å²) >= 11 is 34.5. The van der Waals surface area contributed by atoms with Gasteiger partial charge in [0.25, 0.3) is 0 Å². The fraction of sp³-hybridized carbons (Fsp3) is 1.00. The summed E-state index contributed by atoms with van der Waals surface area (Å²) in [5.41, 5.74) is -0.186. The van der Waals surface area contributed by atoms with Crippen LogP contribution >= 0.6 is 69.6 Å². The molecule has 7 unspecified atom stereocenters. The molecule has 0 aliphatic carbocycles. The lowest BCUT2D eigenvalue weighted by atomic mass is 9.90. The number of hydrogen-bond donors (Lipinski definition) is 5. The van der Waals surface area contributed by atoms with Crippen LogP contribution in [0.25, 0.3) is 0 Å². The Morgan fingerprint density at radius 2 is 0.750 bits per heavy atom. The first-order chi connectivity index (χ1) is 20.8. The van der Waals surface area contributed by atoms with Crippen LogP contribution in [0.5, 0.6) is 0 Å². The number of halogens is 6. The van der Waals surface area contributed by atoms with E-state index in [9.17, 15) is 15.3 Å². The first kappa shape index (κ1) is 47.4. The quantitative estimate of drug-likeness (QED) is 0.0784. The monoisotopic (exact) mass is 762 g/mol. The molecule has 268 valence electrons. The van der Waals surface area contributed by atoms with Gasteiger partial charge in [-0.2, -0.15) is 0 Å². The number of hydrogen-bond acceptors (Lipinski definition) is 11. The maximum Gasteiger partial charge on any atom is 0.104 e. The van der Waals surface area contributed by atoms with Crippen LogP contribution in [-0.2, 0) is 28.4 Å². The Morgan fingerprint density at radius 3 is 1.00 bits per heavy atom. The van der Waals surface area contributed by atoms with Gasteiger partial charge in [0.1, 0.15) is 6.10 Å². The summed E-state index contributed by atoms with van der Waals surface area (Å²) in [5, 5.41) is 46.0. The van der Waals surface area contributed by atoms with E-state index in [1.165, 1.54) is 0 Å².